The van der Waals surface area contributed by atoms with Crippen molar-refractivity contribution >= 4 is 39.2 Å². The molecule has 0 fully saturated rings. The zero-order valence-corrected chi connectivity index (χ0v) is 14.8. The van der Waals surface area contributed by atoms with Gasteiger partial charge in [-0.3, -0.25) is 4.79 Å². The number of nitrogens with zero attached hydrogens (tertiary/aromatic N) is 2. The molecule has 2 aromatic heterocycles. The number of benzene rings is 1. The Morgan fingerprint density at radius 3 is 2.57 bits per heavy atom. The highest BCUT2D eigenvalue weighted by Crippen LogP contribution is 2.39. The molecular weight excluding hydrogens is 326 g/mol. The molecule has 0 bridgehead atoms. The minimum absolute atomic E-state index is 0.335. The predicted octanol–water partition coefficient (Wildman–Crippen LogP) is 3.94. The molecule has 6 heteroatoms. The Morgan fingerprint density at radius 2 is 1.91 bits per heavy atom. The molecule has 0 saturated heterocycles. The number of rotatable bonds is 4. The summed E-state index contributed by atoms with van der Waals surface area (Å²) in [5.41, 5.74) is 8.85. The van der Waals surface area contributed by atoms with Crippen LogP contribution >= 0.6 is 23.1 Å². The van der Waals surface area contributed by atoms with Crippen molar-refractivity contribution in [3.63, 3.8) is 0 Å². The van der Waals surface area contributed by atoms with E-state index in [0.29, 0.717) is 5.82 Å². The molecule has 3 rings (SSSR count). The van der Waals surface area contributed by atoms with Crippen LogP contribution in [-0.2, 0) is 4.79 Å². The quantitative estimate of drug-likeness (QED) is 0.575. The van der Waals surface area contributed by atoms with E-state index in [1.54, 1.807) is 18.3 Å². The van der Waals surface area contributed by atoms with E-state index in [9.17, 15) is 4.79 Å². The van der Waals surface area contributed by atoms with E-state index >= 15 is 0 Å². The second-order valence-corrected chi connectivity index (χ2v) is 7.62. The number of primary amides is 1. The molecule has 1 unspecified atom stereocenters. The minimum atomic E-state index is -0.341. The van der Waals surface area contributed by atoms with Gasteiger partial charge in [-0.25, -0.2) is 9.97 Å². The van der Waals surface area contributed by atoms with Crippen LogP contribution in [0.1, 0.15) is 18.3 Å². The fourth-order valence-electron chi connectivity index (χ4n) is 2.27. The van der Waals surface area contributed by atoms with Crippen molar-refractivity contribution in [1.82, 2.24) is 9.97 Å². The lowest BCUT2D eigenvalue weighted by Gasteiger charge is -2.10. The SMILES string of the molecule is Cc1ccc(-c2csc3nc(C)nc(SC(C)C(N)=O)c23)cc1. The van der Waals surface area contributed by atoms with Crippen LogP contribution in [-0.4, -0.2) is 21.1 Å². The maximum Gasteiger partial charge on any atom is 0.230 e. The van der Waals surface area contributed by atoms with Crippen molar-refractivity contribution in [1.29, 1.82) is 0 Å². The highest BCUT2D eigenvalue weighted by Gasteiger charge is 2.19. The molecule has 0 saturated carbocycles. The van der Waals surface area contributed by atoms with Crippen LogP contribution in [0, 0.1) is 13.8 Å². The molecule has 3 aromatic rings. The van der Waals surface area contributed by atoms with Crippen molar-refractivity contribution < 1.29 is 4.79 Å². The van der Waals surface area contributed by atoms with Gasteiger partial charge in [0, 0.05) is 10.9 Å². The maximum atomic E-state index is 11.4. The zero-order chi connectivity index (χ0) is 16.6. The van der Waals surface area contributed by atoms with Crippen LogP contribution in [0.4, 0.5) is 0 Å². The van der Waals surface area contributed by atoms with Gasteiger partial charge in [-0.2, -0.15) is 0 Å². The van der Waals surface area contributed by atoms with E-state index in [-0.39, 0.29) is 11.2 Å². The number of hydrogen-bond donors (Lipinski definition) is 1. The smallest absolute Gasteiger partial charge is 0.230 e. The Kier molecular flexibility index (Phi) is 4.37. The first-order valence-corrected chi connectivity index (χ1v) is 9.00. The van der Waals surface area contributed by atoms with Gasteiger partial charge in [0.15, 0.2) is 0 Å². The van der Waals surface area contributed by atoms with E-state index in [1.165, 1.54) is 17.3 Å². The van der Waals surface area contributed by atoms with E-state index in [4.69, 9.17) is 5.73 Å². The maximum absolute atomic E-state index is 11.4. The van der Waals surface area contributed by atoms with Crippen LogP contribution in [0.3, 0.4) is 0 Å². The van der Waals surface area contributed by atoms with Gasteiger partial charge in [0.25, 0.3) is 0 Å². The van der Waals surface area contributed by atoms with Crippen LogP contribution in [0.15, 0.2) is 34.7 Å². The molecule has 0 aliphatic heterocycles. The lowest BCUT2D eigenvalue weighted by atomic mass is 10.1. The number of hydrogen-bond acceptors (Lipinski definition) is 5. The summed E-state index contributed by atoms with van der Waals surface area (Å²) in [6.07, 6.45) is 0. The van der Waals surface area contributed by atoms with E-state index in [1.807, 2.05) is 6.92 Å². The van der Waals surface area contributed by atoms with Gasteiger partial charge in [0.1, 0.15) is 15.7 Å². The predicted molar refractivity (Wildman–Crippen MR) is 96.8 cm³/mol. The van der Waals surface area contributed by atoms with Gasteiger partial charge >= 0.3 is 0 Å². The second kappa shape index (κ2) is 6.29. The Morgan fingerprint density at radius 1 is 1.22 bits per heavy atom. The molecule has 4 nitrogen and oxygen atoms in total. The lowest BCUT2D eigenvalue weighted by Crippen LogP contribution is -2.22. The first-order valence-electron chi connectivity index (χ1n) is 7.24. The third kappa shape index (κ3) is 3.23. The standard InChI is InChI=1S/C17H17N3OS2/c1-9-4-6-12(7-5-9)13-8-22-16-14(13)17(20-11(3)19-16)23-10(2)15(18)21/h4-8,10H,1-3H3,(H2,18,21). The van der Waals surface area contributed by atoms with E-state index in [2.05, 4.69) is 46.5 Å². The molecule has 1 amide bonds. The number of carbonyl (C=O) groups is 1. The van der Waals surface area contributed by atoms with Crippen molar-refractivity contribution in [2.45, 2.75) is 31.0 Å². The average molecular weight is 343 g/mol. The van der Waals surface area contributed by atoms with Gasteiger partial charge < -0.3 is 5.73 Å². The van der Waals surface area contributed by atoms with E-state index < -0.39 is 0 Å². The van der Waals surface area contributed by atoms with Crippen LogP contribution in [0.5, 0.6) is 0 Å². The first-order chi connectivity index (χ1) is 11.0. The van der Waals surface area contributed by atoms with Crippen molar-refractivity contribution in [3.8, 4) is 11.1 Å². The van der Waals surface area contributed by atoms with Gasteiger partial charge in [0.2, 0.25) is 5.91 Å². The molecule has 0 aliphatic rings. The fourth-order valence-corrected chi connectivity index (χ4v) is 4.29. The average Bonchev–Trinajstić information content (AvgIpc) is 2.91. The van der Waals surface area contributed by atoms with Gasteiger partial charge in [-0.15, -0.1) is 11.3 Å². The van der Waals surface area contributed by atoms with Crippen molar-refractivity contribution in [2.75, 3.05) is 0 Å². The first kappa shape index (κ1) is 16.0. The molecule has 2 N–H and O–H groups in total. The summed E-state index contributed by atoms with van der Waals surface area (Å²) in [5, 5.41) is 3.58. The molecule has 1 aromatic carbocycles. The Hall–Kier alpha value is -1.92. The molecule has 118 valence electrons. The molecule has 2 heterocycles. The molecule has 1 atom stereocenters. The summed E-state index contributed by atoms with van der Waals surface area (Å²) in [6.45, 7) is 5.73. The third-order valence-corrected chi connectivity index (χ3v) is 5.54. The van der Waals surface area contributed by atoms with Crippen LogP contribution in [0.2, 0.25) is 0 Å². The Balaban J connectivity index is 2.16. The highest BCUT2D eigenvalue weighted by atomic mass is 32.2. The number of thiophene rings is 1. The number of fused-ring (bicyclic) bond motifs is 1. The molecule has 0 aliphatic carbocycles. The summed E-state index contributed by atoms with van der Waals surface area (Å²) in [4.78, 5) is 21.4. The molecule has 0 spiro atoms. The monoisotopic (exact) mass is 343 g/mol. The second-order valence-electron chi connectivity index (χ2n) is 5.43. The number of nitrogens with two attached hydrogens (primary N) is 1. The van der Waals surface area contributed by atoms with Crippen molar-refractivity contribution in [2.24, 2.45) is 5.73 Å². The summed E-state index contributed by atoms with van der Waals surface area (Å²) in [6, 6.07) is 8.38. The third-order valence-electron chi connectivity index (χ3n) is 3.56. The summed E-state index contributed by atoms with van der Waals surface area (Å²) in [7, 11) is 0. The summed E-state index contributed by atoms with van der Waals surface area (Å²) in [5.74, 6) is 0.362. The van der Waals surface area contributed by atoms with Gasteiger partial charge in [0.05, 0.1) is 10.6 Å². The zero-order valence-electron chi connectivity index (χ0n) is 13.2. The Bertz CT molecular complexity index is 871. The molecule has 0 radical (unpaired) electrons. The summed E-state index contributed by atoms with van der Waals surface area (Å²) < 4.78 is 0. The molecule has 23 heavy (non-hydrogen) atoms. The largest absolute Gasteiger partial charge is 0.369 e. The lowest BCUT2D eigenvalue weighted by molar-refractivity contribution is -0.117. The van der Waals surface area contributed by atoms with Crippen molar-refractivity contribution in [3.05, 3.63) is 41.0 Å². The number of amides is 1. The fraction of sp³-hybridized carbons (Fsp3) is 0.235. The van der Waals surface area contributed by atoms with Crippen LogP contribution < -0.4 is 5.73 Å². The number of thioether (sulfide) groups is 1. The highest BCUT2D eigenvalue weighted by molar-refractivity contribution is 8.00. The minimum Gasteiger partial charge on any atom is -0.369 e. The Labute approximate surface area is 143 Å². The number of carbonyl (C=O) groups excluding carboxylic acids is 1. The number of aryl methyl sites for hydroxylation is 2. The topological polar surface area (TPSA) is 68.9 Å². The number of aromatic nitrogens is 2. The summed E-state index contributed by atoms with van der Waals surface area (Å²) >= 11 is 2.99. The normalized spacial score (nSPS) is 12.5. The van der Waals surface area contributed by atoms with Gasteiger partial charge in [-0.1, -0.05) is 41.6 Å². The van der Waals surface area contributed by atoms with Crippen LogP contribution in [0.25, 0.3) is 21.3 Å². The van der Waals surface area contributed by atoms with Gasteiger partial charge in [-0.05, 0) is 26.3 Å². The van der Waals surface area contributed by atoms with E-state index in [0.717, 1.165) is 26.4 Å². The molecular formula is C17H17N3OS2.